The number of likely N-dealkylation sites (N-methyl/N-ethyl adjacent to an activating group) is 1. The number of hydrogen-bond acceptors (Lipinski definition) is 3. The van der Waals surface area contributed by atoms with Crippen molar-refractivity contribution in [2.24, 2.45) is 5.73 Å². The summed E-state index contributed by atoms with van der Waals surface area (Å²) in [5, 5.41) is 8.52. The van der Waals surface area contributed by atoms with Crippen LogP contribution in [0.15, 0.2) is 18.2 Å². The van der Waals surface area contributed by atoms with Crippen molar-refractivity contribution in [3.05, 3.63) is 35.4 Å². The van der Waals surface area contributed by atoms with Gasteiger partial charge in [0.2, 0.25) is 5.91 Å². The predicted molar refractivity (Wildman–Crippen MR) is 67.7 cm³/mol. The van der Waals surface area contributed by atoms with Gasteiger partial charge in [-0.05, 0) is 24.1 Å². The Morgan fingerprint density at radius 1 is 1.35 bits per heavy atom. The molecule has 0 aliphatic rings. The summed E-state index contributed by atoms with van der Waals surface area (Å²) in [7, 11) is 1.46. The largest absolute Gasteiger partial charge is 0.481 e. The second-order valence-electron chi connectivity index (χ2n) is 4.48. The number of nitrogens with two attached hydrogens (primary N) is 1. The van der Waals surface area contributed by atoms with E-state index in [9.17, 15) is 18.4 Å². The second kappa shape index (κ2) is 6.95. The summed E-state index contributed by atoms with van der Waals surface area (Å²) < 4.78 is 25.8. The maximum Gasteiger partial charge on any atom is 0.303 e. The van der Waals surface area contributed by atoms with E-state index in [1.807, 2.05) is 0 Å². The maximum absolute atomic E-state index is 13.0. The first-order valence-electron chi connectivity index (χ1n) is 5.97. The number of benzene rings is 1. The van der Waals surface area contributed by atoms with Crippen molar-refractivity contribution < 1.29 is 23.5 Å². The minimum atomic E-state index is -1.03. The average molecular weight is 286 g/mol. The third-order valence-electron chi connectivity index (χ3n) is 2.77. The lowest BCUT2D eigenvalue weighted by molar-refractivity contribution is -0.137. The van der Waals surface area contributed by atoms with Crippen LogP contribution in [-0.2, 0) is 16.1 Å². The SMILES string of the molecule is CN(Cc1ccc(F)c(F)c1)C(=O)C(N)CCC(=O)O. The van der Waals surface area contributed by atoms with Gasteiger partial charge in [0.15, 0.2) is 11.6 Å². The summed E-state index contributed by atoms with van der Waals surface area (Å²) >= 11 is 0. The van der Waals surface area contributed by atoms with Crippen LogP contribution < -0.4 is 5.73 Å². The van der Waals surface area contributed by atoms with E-state index in [0.717, 1.165) is 12.1 Å². The van der Waals surface area contributed by atoms with Crippen LogP contribution >= 0.6 is 0 Å². The Bertz CT molecular complexity index is 508. The number of carbonyl (C=O) groups is 2. The second-order valence-corrected chi connectivity index (χ2v) is 4.48. The van der Waals surface area contributed by atoms with Crippen LogP contribution in [-0.4, -0.2) is 35.0 Å². The number of amides is 1. The molecular weight excluding hydrogens is 270 g/mol. The Balaban J connectivity index is 2.60. The molecule has 0 heterocycles. The standard InChI is InChI=1S/C13H16F2N2O3/c1-17(13(20)11(16)4-5-12(18)19)7-8-2-3-9(14)10(15)6-8/h2-3,6,11H,4-5,7,16H2,1H3,(H,18,19). The molecule has 110 valence electrons. The van der Waals surface area contributed by atoms with Crippen molar-refractivity contribution in [1.82, 2.24) is 4.90 Å². The third kappa shape index (κ3) is 4.58. The van der Waals surface area contributed by atoms with Gasteiger partial charge in [-0.15, -0.1) is 0 Å². The van der Waals surface area contributed by atoms with Crippen molar-refractivity contribution in [3.63, 3.8) is 0 Å². The zero-order valence-electron chi connectivity index (χ0n) is 11.0. The molecule has 1 aromatic carbocycles. The van der Waals surface area contributed by atoms with E-state index in [4.69, 9.17) is 10.8 Å². The van der Waals surface area contributed by atoms with Gasteiger partial charge >= 0.3 is 5.97 Å². The fourth-order valence-electron chi connectivity index (χ4n) is 1.68. The van der Waals surface area contributed by atoms with Crippen molar-refractivity contribution in [2.45, 2.75) is 25.4 Å². The fourth-order valence-corrected chi connectivity index (χ4v) is 1.68. The van der Waals surface area contributed by atoms with Crippen LogP contribution in [0, 0.1) is 11.6 Å². The van der Waals surface area contributed by atoms with Gasteiger partial charge in [0.05, 0.1) is 6.04 Å². The lowest BCUT2D eigenvalue weighted by Gasteiger charge is -2.21. The topological polar surface area (TPSA) is 83.6 Å². The number of carboxylic acid groups (broad SMARTS) is 1. The van der Waals surface area contributed by atoms with Gasteiger partial charge in [-0.2, -0.15) is 0 Å². The fraction of sp³-hybridized carbons (Fsp3) is 0.385. The summed E-state index contributed by atoms with van der Waals surface area (Å²) in [6, 6.07) is 2.42. The molecule has 1 atom stereocenters. The van der Waals surface area contributed by atoms with Gasteiger partial charge in [0, 0.05) is 20.0 Å². The smallest absolute Gasteiger partial charge is 0.303 e. The Kier molecular flexibility index (Phi) is 5.57. The first-order valence-corrected chi connectivity index (χ1v) is 5.97. The zero-order chi connectivity index (χ0) is 15.3. The van der Waals surface area contributed by atoms with E-state index in [2.05, 4.69) is 0 Å². The van der Waals surface area contributed by atoms with Crippen molar-refractivity contribution >= 4 is 11.9 Å². The van der Waals surface area contributed by atoms with Crippen molar-refractivity contribution in [1.29, 1.82) is 0 Å². The van der Waals surface area contributed by atoms with Gasteiger partial charge in [-0.25, -0.2) is 8.78 Å². The molecule has 5 nitrogen and oxygen atoms in total. The van der Waals surface area contributed by atoms with E-state index < -0.39 is 29.6 Å². The van der Waals surface area contributed by atoms with Gasteiger partial charge in [-0.1, -0.05) is 6.07 Å². The molecule has 1 amide bonds. The number of carboxylic acids is 1. The normalized spacial score (nSPS) is 12.0. The lowest BCUT2D eigenvalue weighted by Crippen LogP contribution is -2.41. The average Bonchev–Trinajstić information content (AvgIpc) is 2.39. The number of aliphatic carboxylic acids is 1. The van der Waals surface area contributed by atoms with Crippen LogP contribution in [0.25, 0.3) is 0 Å². The third-order valence-corrected chi connectivity index (χ3v) is 2.77. The number of rotatable bonds is 6. The molecule has 0 aliphatic heterocycles. The summed E-state index contributed by atoms with van der Waals surface area (Å²) in [6.07, 6.45) is -0.178. The molecule has 0 saturated heterocycles. The van der Waals surface area contributed by atoms with E-state index in [0.29, 0.717) is 5.56 Å². The van der Waals surface area contributed by atoms with Crippen LogP contribution in [0.4, 0.5) is 8.78 Å². The lowest BCUT2D eigenvalue weighted by atomic mass is 10.1. The molecule has 0 fully saturated rings. The predicted octanol–water partition coefficient (Wildman–Crippen LogP) is 1.12. The highest BCUT2D eigenvalue weighted by molar-refractivity contribution is 5.82. The quantitative estimate of drug-likeness (QED) is 0.820. The highest BCUT2D eigenvalue weighted by Gasteiger charge is 2.19. The summed E-state index contributed by atoms with van der Waals surface area (Å²) in [5.74, 6) is -3.42. The Morgan fingerprint density at radius 2 is 2.00 bits per heavy atom. The first-order chi connectivity index (χ1) is 9.31. The van der Waals surface area contributed by atoms with Gasteiger partial charge < -0.3 is 15.7 Å². The first kappa shape index (κ1) is 16.0. The van der Waals surface area contributed by atoms with Crippen LogP contribution in [0.5, 0.6) is 0 Å². The summed E-state index contributed by atoms with van der Waals surface area (Å²) in [6.45, 7) is 0.0663. The number of nitrogens with zero attached hydrogens (tertiary/aromatic N) is 1. The Labute approximate surface area is 115 Å². The molecular formula is C13H16F2N2O3. The minimum Gasteiger partial charge on any atom is -0.481 e. The molecule has 1 rings (SSSR count). The highest BCUT2D eigenvalue weighted by Crippen LogP contribution is 2.11. The van der Waals surface area contributed by atoms with Crippen molar-refractivity contribution in [2.75, 3.05) is 7.05 Å². The van der Waals surface area contributed by atoms with E-state index in [-0.39, 0.29) is 19.4 Å². The van der Waals surface area contributed by atoms with E-state index >= 15 is 0 Å². The molecule has 0 saturated carbocycles. The summed E-state index contributed by atoms with van der Waals surface area (Å²) in [5.41, 5.74) is 6.01. The maximum atomic E-state index is 13.0. The molecule has 0 aliphatic carbocycles. The molecule has 0 aromatic heterocycles. The molecule has 20 heavy (non-hydrogen) atoms. The monoisotopic (exact) mass is 286 g/mol. The van der Waals surface area contributed by atoms with Crippen molar-refractivity contribution in [3.8, 4) is 0 Å². The van der Waals surface area contributed by atoms with Crippen LogP contribution in [0.1, 0.15) is 18.4 Å². The summed E-state index contributed by atoms with van der Waals surface area (Å²) in [4.78, 5) is 23.5. The highest BCUT2D eigenvalue weighted by atomic mass is 19.2. The van der Waals surface area contributed by atoms with E-state index in [1.165, 1.54) is 18.0 Å². The molecule has 0 radical (unpaired) electrons. The molecule has 1 unspecified atom stereocenters. The Hall–Kier alpha value is -2.02. The zero-order valence-corrected chi connectivity index (χ0v) is 11.0. The van der Waals surface area contributed by atoms with E-state index in [1.54, 1.807) is 0 Å². The number of carbonyl (C=O) groups excluding carboxylic acids is 1. The molecule has 3 N–H and O–H groups in total. The number of halogens is 2. The van der Waals surface area contributed by atoms with Crippen LogP contribution in [0.3, 0.4) is 0 Å². The molecule has 0 spiro atoms. The molecule has 0 bridgehead atoms. The minimum absolute atomic E-state index is 0.0241. The molecule has 7 heteroatoms. The number of hydrogen-bond donors (Lipinski definition) is 2. The Morgan fingerprint density at radius 3 is 2.55 bits per heavy atom. The van der Waals surface area contributed by atoms with Gasteiger partial charge in [-0.3, -0.25) is 9.59 Å². The van der Waals surface area contributed by atoms with Gasteiger partial charge in [0.1, 0.15) is 0 Å². The molecule has 1 aromatic rings. The van der Waals surface area contributed by atoms with Gasteiger partial charge in [0.25, 0.3) is 0 Å². The van der Waals surface area contributed by atoms with Crippen LogP contribution in [0.2, 0.25) is 0 Å².